The first-order valence-corrected chi connectivity index (χ1v) is 9.40. The molecule has 7 heteroatoms. The van der Waals surface area contributed by atoms with Gasteiger partial charge >= 0.3 is 5.97 Å². The van der Waals surface area contributed by atoms with Crippen LogP contribution >= 0.6 is 0 Å². The summed E-state index contributed by atoms with van der Waals surface area (Å²) in [6, 6.07) is 13.7. The molecule has 1 amide bonds. The van der Waals surface area contributed by atoms with Gasteiger partial charge in [-0.15, -0.1) is 0 Å². The van der Waals surface area contributed by atoms with E-state index in [0.29, 0.717) is 42.4 Å². The van der Waals surface area contributed by atoms with Crippen molar-refractivity contribution in [1.82, 2.24) is 0 Å². The minimum Gasteiger partial charge on any atom is -0.494 e. The largest absolute Gasteiger partial charge is 0.494 e. The van der Waals surface area contributed by atoms with Crippen LogP contribution in [-0.4, -0.2) is 37.5 Å². The van der Waals surface area contributed by atoms with E-state index in [2.05, 4.69) is 5.32 Å². The Kier molecular flexibility index (Phi) is 8.69. The van der Waals surface area contributed by atoms with Crippen LogP contribution in [0.4, 0.5) is 5.69 Å². The number of rotatable bonds is 11. The van der Waals surface area contributed by atoms with E-state index in [4.69, 9.17) is 14.2 Å². The first-order valence-electron chi connectivity index (χ1n) is 9.40. The Labute approximate surface area is 170 Å². The van der Waals surface area contributed by atoms with Gasteiger partial charge in [-0.05, 0) is 68.8 Å². The molecule has 0 unspecified atom stereocenters. The van der Waals surface area contributed by atoms with Gasteiger partial charge in [0.2, 0.25) is 0 Å². The lowest BCUT2D eigenvalue weighted by Crippen LogP contribution is -2.21. The van der Waals surface area contributed by atoms with Gasteiger partial charge in [0, 0.05) is 17.7 Å². The van der Waals surface area contributed by atoms with E-state index in [9.17, 15) is 14.4 Å². The third kappa shape index (κ3) is 8.04. The van der Waals surface area contributed by atoms with Crippen molar-refractivity contribution in [3.05, 3.63) is 54.1 Å². The molecule has 0 heterocycles. The van der Waals surface area contributed by atoms with E-state index >= 15 is 0 Å². The fourth-order valence-electron chi connectivity index (χ4n) is 2.41. The monoisotopic (exact) mass is 399 g/mol. The number of carbonyl (C=O) groups excluding carboxylic acids is 3. The first-order chi connectivity index (χ1) is 14.0. The number of carbonyl (C=O) groups is 3. The number of Topliss-reactive ketones (excluding diaryl/α,β-unsaturated/α-hetero) is 1. The Morgan fingerprint density at radius 2 is 1.52 bits per heavy atom. The highest BCUT2D eigenvalue weighted by Crippen LogP contribution is 2.15. The summed E-state index contributed by atoms with van der Waals surface area (Å²) >= 11 is 0. The third-order valence-electron chi connectivity index (χ3n) is 3.87. The number of ketones is 1. The summed E-state index contributed by atoms with van der Waals surface area (Å²) in [6.45, 7) is 3.94. The second-order valence-corrected chi connectivity index (χ2v) is 6.20. The van der Waals surface area contributed by atoms with Gasteiger partial charge in [-0.2, -0.15) is 0 Å². The van der Waals surface area contributed by atoms with Gasteiger partial charge in [0.05, 0.1) is 13.2 Å². The number of esters is 1. The lowest BCUT2D eigenvalue weighted by atomic mass is 10.1. The number of benzene rings is 2. The zero-order valence-corrected chi connectivity index (χ0v) is 16.6. The zero-order chi connectivity index (χ0) is 21.1. The average Bonchev–Trinajstić information content (AvgIpc) is 2.71. The fourth-order valence-corrected chi connectivity index (χ4v) is 2.41. The number of nitrogens with one attached hydrogen (secondary N) is 1. The SMILES string of the molecule is CCOc1ccc(NC(=O)COC(=O)CCCOc2ccc(C(C)=O)cc2)cc1. The Morgan fingerprint density at radius 3 is 2.14 bits per heavy atom. The average molecular weight is 399 g/mol. The summed E-state index contributed by atoms with van der Waals surface area (Å²) in [5.41, 5.74) is 1.21. The summed E-state index contributed by atoms with van der Waals surface area (Å²) in [4.78, 5) is 34.8. The van der Waals surface area contributed by atoms with Gasteiger partial charge in [-0.3, -0.25) is 14.4 Å². The molecule has 7 nitrogen and oxygen atoms in total. The zero-order valence-electron chi connectivity index (χ0n) is 16.6. The molecule has 0 atom stereocenters. The molecular weight excluding hydrogens is 374 g/mol. The summed E-state index contributed by atoms with van der Waals surface area (Å²) in [6.07, 6.45) is 0.593. The molecule has 2 rings (SSSR count). The summed E-state index contributed by atoms with van der Waals surface area (Å²) in [5, 5.41) is 2.65. The predicted molar refractivity (Wildman–Crippen MR) is 108 cm³/mol. The van der Waals surface area contributed by atoms with Crippen molar-refractivity contribution in [2.24, 2.45) is 0 Å². The van der Waals surface area contributed by atoms with Crippen LogP contribution in [0.15, 0.2) is 48.5 Å². The van der Waals surface area contributed by atoms with E-state index in [1.807, 2.05) is 6.92 Å². The molecule has 154 valence electrons. The van der Waals surface area contributed by atoms with Gasteiger partial charge in [0.15, 0.2) is 12.4 Å². The normalized spacial score (nSPS) is 10.1. The highest BCUT2D eigenvalue weighted by atomic mass is 16.5. The van der Waals surface area contributed by atoms with Crippen LogP contribution in [-0.2, 0) is 14.3 Å². The molecule has 2 aromatic carbocycles. The molecule has 0 saturated carbocycles. The molecular formula is C22H25NO6. The molecule has 0 bridgehead atoms. The van der Waals surface area contributed by atoms with Gasteiger partial charge in [-0.1, -0.05) is 0 Å². The lowest BCUT2D eigenvalue weighted by Gasteiger charge is -2.08. The molecule has 0 fully saturated rings. The first kappa shape index (κ1) is 21.9. The van der Waals surface area contributed by atoms with Crippen molar-refractivity contribution in [3.8, 4) is 11.5 Å². The maximum absolute atomic E-state index is 11.8. The highest BCUT2D eigenvalue weighted by molar-refractivity contribution is 5.94. The predicted octanol–water partition coefficient (Wildman–Crippen LogP) is 3.63. The quantitative estimate of drug-likeness (QED) is 0.352. The number of ether oxygens (including phenoxy) is 3. The number of hydrogen-bond donors (Lipinski definition) is 1. The van der Waals surface area contributed by atoms with E-state index in [0.717, 1.165) is 0 Å². The van der Waals surface area contributed by atoms with Crippen LogP contribution < -0.4 is 14.8 Å². The van der Waals surface area contributed by atoms with E-state index < -0.39 is 11.9 Å². The maximum atomic E-state index is 11.8. The maximum Gasteiger partial charge on any atom is 0.306 e. The van der Waals surface area contributed by atoms with Crippen molar-refractivity contribution in [2.45, 2.75) is 26.7 Å². The standard InChI is InChI=1S/C22H25NO6/c1-3-27-19-12-8-18(9-13-19)23-21(25)15-29-22(26)5-4-14-28-20-10-6-17(7-11-20)16(2)24/h6-13H,3-5,14-15H2,1-2H3,(H,23,25). The van der Waals surface area contributed by atoms with Gasteiger partial charge in [0.1, 0.15) is 11.5 Å². The molecule has 2 aromatic rings. The van der Waals surface area contributed by atoms with Crippen LogP contribution in [0, 0.1) is 0 Å². The van der Waals surface area contributed by atoms with Gasteiger partial charge < -0.3 is 19.5 Å². The van der Waals surface area contributed by atoms with Crippen molar-refractivity contribution < 1.29 is 28.6 Å². The third-order valence-corrected chi connectivity index (χ3v) is 3.87. The van der Waals surface area contributed by atoms with E-state index in [1.165, 1.54) is 6.92 Å². The Hall–Kier alpha value is -3.35. The molecule has 0 aromatic heterocycles. The van der Waals surface area contributed by atoms with Crippen LogP contribution in [0.3, 0.4) is 0 Å². The molecule has 29 heavy (non-hydrogen) atoms. The highest BCUT2D eigenvalue weighted by Gasteiger charge is 2.08. The number of amides is 1. The van der Waals surface area contributed by atoms with Crippen LogP contribution in [0.2, 0.25) is 0 Å². The van der Waals surface area contributed by atoms with Crippen LogP contribution in [0.25, 0.3) is 0 Å². The minimum atomic E-state index is -0.470. The Balaban J connectivity index is 1.61. The smallest absolute Gasteiger partial charge is 0.306 e. The summed E-state index contributed by atoms with van der Waals surface area (Å²) in [7, 11) is 0. The van der Waals surface area contributed by atoms with Crippen molar-refractivity contribution in [1.29, 1.82) is 0 Å². The molecule has 0 aliphatic heterocycles. The lowest BCUT2D eigenvalue weighted by molar-refractivity contribution is -0.147. The summed E-state index contributed by atoms with van der Waals surface area (Å²) < 4.78 is 15.8. The fraction of sp³-hybridized carbons (Fsp3) is 0.318. The van der Waals surface area contributed by atoms with Crippen molar-refractivity contribution in [2.75, 3.05) is 25.1 Å². The van der Waals surface area contributed by atoms with Crippen LogP contribution in [0.1, 0.15) is 37.0 Å². The van der Waals surface area contributed by atoms with Crippen molar-refractivity contribution in [3.63, 3.8) is 0 Å². The Morgan fingerprint density at radius 1 is 0.897 bits per heavy atom. The summed E-state index contributed by atoms with van der Waals surface area (Å²) in [5.74, 6) is 0.449. The van der Waals surface area contributed by atoms with Gasteiger partial charge in [0.25, 0.3) is 5.91 Å². The molecule has 0 aliphatic carbocycles. The molecule has 0 saturated heterocycles. The molecule has 1 N–H and O–H groups in total. The van der Waals surface area contributed by atoms with Crippen LogP contribution in [0.5, 0.6) is 11.5 Å². The minimum absolute atomic E-state index is 0.00847. The second kappa shape index (κ2) is 11.5. The van der Waals surface area contributed by atoms with E-state index in [1.54, 1.807) is 48.5 Å². The van der Waals surface area contributed by atoms with Gasteiger partial charge in [-0.25, -0.2) is 0 Å². The molecule has 0 spiro atoms. The second-order valence-electron chi connectivity index (χ2n) is 6.20. The van der Waals surface area contributed by atoms with E-state index in [-0.39, 0.29) is 18.8 Å². The number of hydrogen-bond acceptors (Lipinski definition) is 6. The molecule has 0 radical (unpaired) electrons. The Bertz CT molecular complexity index is 814. The number of anilines is 1. The molecule has 0 aliphatic rings. The van der Waals surface area contributed by atoms with Crippen molar-refractivity contribution >= 4 is 23.3 Å². The topological polar surface area (TPSA) is 90.9 Å².